The Morgan fingerprint density at radius 3 is 2.45 bits per heavy atom. The summed E-state index contributed by atoms with van der Waals surface area (Å²) in [7, 11) is 0. The number of halogens is 2. The predicted octanol–water partition coefficient (Wildman–Crippen LogP) is 5.11. The van der Waals surface area contributed by atoms with Crippen molar-refractivity contribution in [1.29, 1.82) is 10.5 Å². The van der Waals surface area contributed by atoms with Crippen molar-refractivity contribution in [2.45, 2.75) is 6.61 Å². The summed E-state index contributed by atoms with van der Waals surface area (Å²) in [6.45, 7) is 0.379. The molecule has 0 unspecified atom stereocenters. The number of rotatable bonds is 4. The number of benzene rings is 2. The topological polar surface area (TPSA) is 56.8 Å². The van der Waals surface area contributed by atoms with E-state index in [0.29, 0.717) is 22.9 Å². The lowest BCUT2D eigenvalue weighted by Gasteiger charge is -2.10. The van der Waals surface area contributed by atoms with Crippen LogP contribution in [-0.2, 0) is 6.61 Å². The van der Waals surface area contributed by atoms with Crippen molar-refractivity contribution in [2.24, 2.45) is 0 Å². The van der Waals surface area contributed by atoms with Gasteiger partial charge in [-0.3, -0.25) is 0 Å². The van der Waals surface area contributed by atoms with E-state index in [4.69, 9.17) is 26.9 Å². The summed E-state index contributed by atoms with van der Waals surface area (Å²) >= 11 is 9.34. The van der Waals surface area contributed by atoms with Crippen LogP contribution in [0.1, 0.15) is 11.1 Å². The zero-order valence-corrected chi connectivity index (χ0v) is 13.7. The van der Waals surface area contributed by atoms with Crippen LogP contribution in [0.3, 0.4) is 0 Å². The minimum Gasteiger partial charge on any atom is -0.488 e. The van der Waals surface area contributed by atoms with Gasteiger partial charge in [0.2, 0.25) is 0 Å². The predicted molar refractivity (Wildman–Crippen MR) is 89.1 cm³/mol. The Labute approximate surface area is 142 Å². The second kappa shape index (κ2) is 7.66. The van der Waals surface area contributed by atoms with E-state index in [2.05, 4.69) is 15.9 Å². The second-order valence-electron chi connectivity index (χ2n) is 4.38. The molecule has 0 radical (unpaired) electrons. The number of ether oxygens (including phenoxy) is 1. The highest BCUT2D eigenvalue weighted by molar-refractivity contribution is 9.10. The SMILES string of the molecule is N#CC(C#N)=Cc1cc(Cl)ccc1OCc1ccc(Br)cc1. The standard InChI is InChI=1S/C17H10BrClN2O/c18-15-3-1-12(2-4-15)11-22-17-6-5-16(19)8-14(17)7-13(9-20)10-21/h1-8H,11H2. The third-order valence-corrected chi connectivity index (χ3v) is 3.58. The first-order valence-electron chi connectivity index (χ1n) is 6.31. The van der Waals surface area contributed by atoms with Crippen LogP contribution in [0.4, 0.5) is 0 Å². The maximum absolute atomic E-state index is 8.86. The van der Waals surface area contributed by atoms with E-state index in [1.54, 1.807) is 18.2 Å². The van der Waals surface area contributed by atoms with Crippen molar-refractivity contribution < 1.29 is 4.74 Å². The molecule has 2 aromatic rings. The highest BCUT2D eigenvalue weighted by Gasteiger charge is 2.05. The van der Waals surface area contributed by atoms with Crippen molar-refractivity contribution in [3.8, 4) is 17.9 Å². The molecule has 2 aromatic carbocycles. The molecule has 108 valence electrons. The maximum atomic E-state index is 8.86. The normalized spacial score (nSPS) is 9.45. The molecule has 0 amide bonds. The molecular formula is C17H10BrClN2O. The van der Waals surface area contributed by atoms with E-state index in [1.165, 1.54) is 6.08 Å². The molecule has 0 aromatic heterocycles. The fraction of sp³-hybridized carbons (Fsp3) is 0.0588. The van der Waals surface area contributed by atoms with Crippen molar-refractivity contribution in [2.75, 3.05) is 0 Å². The molecule has 22 heavy (non-hydrogen) atoms. The van der Waals surface area contributed by atoms with Crippen molar-refractivity contribution in [3.05, 3.63) is 68.7 Å². The lowest BCUT2D eigenvalue weighted by Crippen LogP contribution is -1.97. The molecule has 0 N–H and O–H groups in total. The fourth-order valence-corrected chi connectivity index (χ4v) is 2.20. The van der Waals surface area contributed by atoms with E-state index in [9.17, 15) is 0 Å². The van der Waals surface area contributed by atoms with Crippen LogP contribution in [0.25, 0.3) is 6.08 Å². The number of nitriles is 2. The van der Waals surface area contributed by atoms with Gasteiger partial charge in [-0.2, -0.15) is 10.5 Å². The van der Waals surface area contributed by atoms with Gasteiger partial charge in [0.05, 0.1) is 0 Å². The van der Waals surface area contributed by atoms with Crippen LogP contribution in [0, 0.1) is 22.7 Å². The van der Waals surface area contributed by atoms with Crippen LogP contribution in [0.2, 0.25) is 5.02 Å². The molecule has 0 aliphatic rings. The van der Waals surface area contributed by atoms with Gasteiger partial charge in [-0.1, -0.05) is 39.7 Å². The lowest BCUT2D eigenvalue weighted by molar-refractivity contribution is 0.305. The molecule has 0 bridgehead atoms. The Kier molecular flexibility index (Phi) is 5.61. The fourth-order valence-electron chi connectivity index (χ4n) is 1.75. The van der Waals surface area contributed by atoms with Gasteiger partial charge >= 0.3 is 0 Å². The van der Waals surface area contributed by atoms with Gasteiger partial charge in [0.1, 0.15) is 30.1 Å². The molecule has 2 rings (SSSR count). The number of hydrogen-bond acceptors (Lipinski definition) is 3. The highest BCUT2D eigenvalue weighted by atomic mass is 79.9. The Morgan fingerprint density at radius 1 is 1.14 bits per heavy atom. The minimum atomic E-state index is -0.00393. The zero-order valence-electron chi connectivity index (χ0n) is 11.4. The third-order valence-electron chi connectivity index (χ3n) is 2.82. The molecule has 3 nitrogen and oxygen atoms in total. The van der Waals surface area contributed by atoms with Gasteiger partial charge in [-0.05, 0) is 42.0 Å². The first-order chi connectivity index (χ1) is 10.6. The molecule has 0 fully saturated rings. The summed E-state index contributed by atoms with van der Waals surface area (Å²) in [5.74, 6) is 0.565. The van der Waals surface area contributed by atoms with Gasteiger partial charge < -0.3 is 4.74 Å². The van der Waals surface area contributed by atoms with Crippen molar-refractivity contribution >= 4 is 33.6 Å². The Balaban J connectivity index is 2.24. The van der Waals surface area contributed by atoms with E-state index in [0.717, 1.165) is 10.0 Å². The van der Waals surface area contributed by atoms with Crippen molar-refractivity contribution in [3.63, 3.8) is 0 Å². The lowest BCUT2D eigenvalue weighted by atomic mass is 10.1. The summed E-state index contributed by atoms with van der Waals surface area (Å²) in [5.41, 5.74) is 1.60. The van der Waals surface area contributed by atoms with Crippen LogP contribution in [0.15, 0.2) is 52.5 Å². The summed E-state index contributed by atoms with van der Waals surface area (Å²) < 4.78 is 6.77. The third kappa shape index (κ3) is 4.36. The number of hydrogen-bond donors (Lipinski definition) is 0. The molecule has 0 heterocycles. The van der Waals surface area contributed by atoms with Crippen LogP contribution < -0.4 is 4.74 Å². The first kappa shape index (κ1) is 16.1. The molecule has 0 aliphatic carbocycles. The van der Waals surface area contributed by atoms with Gasteiger partial charge in [0, 0.05) is 15.1 Å². The van der Waals surface area contributed by atoms with Crippen molar-refractivity contribution in [1.82, 2.24) is 0 Å². The van der Waals surface area contributed by atoms with Crippen LogP contribution >= 0.6 is 27.5 Å². The highest BCUT2D eigenvalue weighted by Crippen LogP contribution is 2.26. The van der Waals surface area contributed by atoms with E-state index >= 15 is 0 Å². The monoisotopic (exact) mass is 372 g/mol. The largest absolute Gasteiger partial charge is 0.488 e. The average Bonchev–Trinajstić information content (AvgIpc) is 2.53. The number of nitrogens with zero attached hydrogens (tertiary/aromatic N) is 2. The molecule has 0 saturated carbocycles. The van der Waals surface area contributed by atoms with E-state index < -0.39 is 0 Å². The Bertz CT molecular complexity index is 770. The first-order valence-corrected chi connectivity index (χ1v) is 7.48. The zero-order chi connectivity index (χ0) is 15.9. The maximum Gasteiger partial charge on any atom is 0.130 e. The Hall–Kier alpha value is -2.27. The smallest absolute Gasteiger partial charge is 0.130 e. The van der Waals surface area contributed by atoms with E-state index in [-0.39, 0.29) is 5.57 Å². The summed E-state index contributed by atoms with van der Waals surface area (Å²) in [6, 6.07) is 16.5. The minimum absolute atomic E-state index is 0.00393. The van der Waals surface area contributed by atoms with Gasteiger partial charge in [0.15, 0.2) is 0 Å². The van der Waals surface area contributed by atoms with Gasteiger partial charge in [-0.25, -0.2) is 0 Å². The molecule has 5 heteroatoms. The molecule has 0 spiro atoms. The van der Waals surface area contributed by atoms with Crippen LogP contribution in [-0.4, -0.2) is 0 Å². The van der Waals surface area contributed by atoms with Crippen LogP contribution in [0.5, 0.6) is 5.75 Å². The summed E-state index contributed by atoms with van der Waals surface area (Å²) in [4.78, 5) is 0. The molecule has 0 saturated heterocycles. The van der Waals surface area contributed by atoms with Gasteiger partial charge in [-0.15, -0.1) is 0 Å². The van der Waals surface area contributed by atoms with E-state index in [1.807, 2.05) is 36.4 Å². The quantitative estimate of drug-likeness (QED) is 0.700. The summed E-state index contributed by atoms with van der Waals surface area (Å²) in [5, 5.41) is 18.2. The Morgan fingerprint density at radius 2 is 1.82 bits per heavy atom. The molecular weight excluding hydrogens is 364 g/mol. The average molecular weight is 374 g/mol. The second-order valence-corrected chi connectivity index (χ2v) is 5.73. The molecule has 0 aliphatic heterocycles. The number of allylic oxidation sites excluding steroid dienone is 1. The molecule has 0 atom stereocenters. The summed E-state index contributed by atoms with van der Waals surface area (Å²) in [6.07, 6.45) is 1.46. The van der Waals surface area contributed by atoms with Gasteiger partial charge in [0.25, 0.3) is 0 Å².